The number of ether oxygens (including phenoxy) is 1. The molecule has 3 atom stereocenters. The van der Waals surface area contributed by atoms with Crippen LogP contribution in [0.1, 0.15) is 38.5 Å². The summed E-state index contributed by atoms with van der Waals surface area (Å²) < 4.78 is 5.85. The van der Waals surface area contributed by atoms with Crippen LogP contribution in [-0.4, -0.2) is 18.8 Å². The minimum atomic E-state index is 0.459. The molecular weight excluding hydrogens is 162 g/mol. The Kier molecular flexibility index (Phi) is 1.72. The van der Waals surface area contributed by atoms with Gasteiger partial charge < -0.3 is 10.5 Å². The summed E-state index contributed by atoms with van der Waals surface area (Å²) in [5, 5.41) is 0. The summed E-state index contributed by atoms with van der Waals surface area (Å²) >= 11 is 0. The molecule has 3 rings (SSSR count). The van der Waals surface area contributed by atoms with Gasteiger partial charge >= 0.3 is 0 Å². The van der Waals surface area contributed by atoms with Gasteiger partial charge in [0.25, 0.3) is 0 Å². The Labute approximate surface area is 79.8 Å². The van der Waals surface area contributed by atoms with Crippen molar-refractivity contribution in [2.45, 2.75) is 50.7 Å². The molecule has 3 fully saturated rings. The second-order valence-electron chi connectivity index (χ2n) is 5.20. The van der Waals surface area contributed by atoms with Crippen molar-refractivity contribution in [2.75, 3.05) is 6.61 Å². The Hall–Kier alpha value is -0.0800. The molecule has 0 aromatic heterocycles. The molecule has 1 saturated heterocycles. The van der Waals surface area contributed by atoms with E-state index < -0.39 is 0 Å². The van der Waals surface area contributed by atoms with E-state index in [4.69, 9.17) is 10.5 Å². The van der Waals surface area contributed by atoms with Gasteiger partial charge in [0.2, 0.25) is 0 Å². The van der Waals surface area contributed by atoms with E-state index in [0.717, 1.165) is 12.5 Å². The third-order valence-corrected chi connectivity index (χ3v) is 4.44. The van der Waals surface area contributed by atoms with Crippen molar-refractivity contribution in [3.63, 3.8) is 0 Å². The highest BCUT2D eigenvalue weighted by Gasteiger charge is 2.55. The molecule has 2 aliphatic carbocycles. The van der Waals surface area contributed by atoms with Crippen LogP contribution in [0.25, 0.3) is 0 Å². The van der Waals surface area contributed by atoms with Crippen LogP contribution in [0.5, 0.6) is 0 Å². The first-order chi connectivity index (χ1) is 6.30. The molecule has 13 heavy (non-hydrogen) atoms. The van der Waals surface area contributed by atoms with E-state index in [-0.39, 0.29) is 0 Å². The molecule has 2 heteroatoms. The highest BCUT2D eigenvalue weighted by molar-refractivity contribution is 5.05. The summed E-state index contributed by atoms with van der Waals surface area (Å²) in [5.74, 6) is 0.810. The normalized spacial score (nSPS) is 47.3. The Morgan fingerprint density at radius 3 is 2.77 bits per heavy atom. The molecule has 0 bridgehead atoms. The number of rotatable bonds is 0. The zero-order valence-corrected chi connectivity index (χ0v) is 8.17. The first-order valence-electron chi connectivity index (χ1n) is 5.67. The predicted molar refractivity (Wildman–Crippen MR) is 51.3 cm³/mol. The molecule has 1 spiro atoms. The van der Waals surface area contributed by atoms with E-state index in [1.54, 1.807) is 0 Å². The van der Waals surface area contributed by atoms with Gasteiger partial charge in [-0.15, -0.1) is 0 Å². The van der Waals surface area contributed by atoms with Crippen LogP contribution in [0.4, 0.5) is 0 Å². The van der Waals surface area contributed by atoms with Crippen molar-refractivity contribution in [1.82, 2.24) is 0 Å². The maximum atomic E-state index is 6.04. The van der Waals surface area contributed by atoms with Gasteiger partial charge in [0.15, 0.2) is 0 Å². The third kappa shape index (κ3) is 1.23. The summed E-state index contributed by atoms with van der Waals surface area (Å²) in [7, 11) is 0. The molecule has 2 N–H and O–H groups in total. The van der Waals surface area contributed by atoms with Crippen LogP contribution in [0.15, 0.2) is 0 Å². The number of nitrogens with two attached hydrogens (primary N) is 1. The van der Waals surface area contributed by atoms with Crippen molar-refractivity contribution < 1.29 is 4.74 Å². The standard InChI is InChI=1S/C11H19NO/c12-8-1-2-10-9(7-8)11(3-4-11)5-6-13-10/h8-10H,1-7,12H2. The van der Waals surface area contributed by atoms with Gasteiger partial charge in [-0.1, -0.05) is 0 Å². The molecule has 0 aromatic rings. The van der Waals surface area contributed by atoms with E-state index >= 15 is 0 Å². The van der Waals surface area contributed by atoms with Crippen LogP contribution in [0.3, 0.4) is 0 Å². The van der Waals surface area contributed by atoms with E-state index in [0.29, 0.717) is 17.6 Å². The molecule has 1 heterocycles. The highest BCUT2D eigenvalue weighted by atomic mass is 16.5. The fraction of sp³-hybridized carbons (Fsp3) is 1.00. The second-order valence-corrected chi connectivity index (χ2v) is 5.20. The monoisotopic (exact) mass is 181 g/mol. The number of hydrogen-bond donors (Lipinski definition) is 1. The van der Waals surface area contributed by atoms with Gasteiger partial charge in [-0.05, 0) is 49.9 Å². The van der Waals surface area contributed by atoms with Crippen molar-refractivity contribution in [1.29, 1.82) is 0 Å². The predicted octanol–water partition coefficient (Wildman–Crippen LogP) is 1.68. The van der Waals surface area contributed by atoms with Crippen LogP contribution >= 0.6 is 0 Å². The summed E-state index contributed by atoms with van der Waals surface area (Å²) in [6, 6.07) is 0.459. The molecule has 2 saturated carbocycles. The summed E-state index contributed by atoms with van der Waals surface area (Å²) in [4.78, 5) is 0. The fourth-order valence-corrected chi connectivity index (χ4v) is 3.40. The van der Waals surface area contributed by atoms with Crippen LogP contribution in [0.2, 0.25) is 0 Å². The highest BCUT2D eigenvalue weighted by Crippen LogP contribution is 2.60. The molecule has 0 amide bonds. The van der Waals surface area contributed by atoms with Crippen LogP contribution in [0, 0.1) is 11.3 Å². The minimum Gasteiger partial charge on any atom is -0.378 e. The average molecular weight is 181 g/mol. The van der Waals surface area contributed by atoms with Crippen molar-refractivity contribution >= 4 is 0 Å². The maximum absolute atomic E-state index is 6.04. The zero-order chi connectivity index (χ0) is 8.89. The first-order valence-corrected chi connectivity index (χ1v) is 5.67. The summed E-state index contributed by atoms with van der Waals surface area (Å²) in [5.41, 5.74) is 6.73. The summed E-state index contributed by atoms with van der Waals surface area (Å²) in [6.45, 7) is 1.01. The molecule has 0 aromatic carbocycles. The average Bonchev–Trinajstić information content (AvgIpc) is 2.88. The zero-order valence-electron chi connectivity index (χ0n) is 8.17. The van der Waals surface area contributed by atoms with Gasteiger partial charge in [-0.2, -0.15) is 0 Å². The Bertz CT molecular complexity index is 212. The van der Waals surface area contributed by atoms with E-state index in [1.807, 2.05) is 0 Å². The lowest BCUT2D eigenvalue weighted by Crippen LogP contribution is -2.45. The van der Waals surface area contributed by atoms with Gasteiger partial charge in [0.05, 0.1) is 6.10 Å². The summed E-state index contributed by atoms with van der Waals surface area (Å²) in [6.07, 6.45) is 8.39. The Morgan fingerprint density at radius 2 is 2.00 bits per heavy atom. The molecule has 2 nitrogen and oxygen atoms in total. The van der Waals surface area contributed by atoms with Crippen molar-refractivity contribution in [3.05, 3.63) is 0 Å². The topological polar surface area (TPSA) is 35.2 Å². The smallest absolute Gasteiger partial charge is 0.0609 e. The van der Waals surface area contributed by atoms with Gasteiger partial charge in [0.1, 0.15) is 0 Å². The molecule has 0 radical (unpaired) electrons. The Morgan fingerprint density at radius 1 is 1.15 bits per heavy atom. The lowest BCUT2D eigenvalue weighted by atomic mass is 9.71. The fourth-order valence-electron chi connectivity index (χ4n) is 3.40. The molecule has 3 unspecified atom stereocenters. The van der Waals surface area contributed by atoms with E-state index in [1.165, 1.54) is 38.5 Å². The van der Waals surface area contributed by atoms with Crippen LogP contribution < -0.4 is 5.73 Å². The van der Waals surface area contributed by atoms with Crippen molar-refractivity contribution in [2.24, 2.45) is 17.1 Å². The molecule has 3 aliphatic rings. The number of fused-ring (bicyclic) bond motifs is 2. The maximum Gasteiger partial charge on any atom is 0.0609 e. The molecular formula is C11H19NO. The van der Waals surface area contributed by atoms with E-state index in [2.05, 4.69) is 0 Å². The second kappa shape index (κ2) is 2.71. The van der Waals surface area contributed by atoms with E-state index in [9.17, 15) is 0 Å². The molecule has 74 valence electrons. The lowest BCUT2D eigenvalue weighted by molar-refractivity contribution is -0.0886. The number of hydrogen-bond acceptors (Lipinski definition) is 2. The lowest BCUT2D eigenvalue weighted by Gasteiger charge is -2.43. The third-order valence-electron chi connectivity index (χ3n) is 4.44. The quantitative estimate of drug-likeness (QED) is 0.617. The first kappa shape index (κ1) is 8.25. The van der Waals surface area contributed by atoms with Crippen LogP contribution in [-0.2, 0) is 4.74 Å². The van der Waals surface area contributed by atoms with Gasteiger partial charge in [0, 0.05) is 12.6 Å². The van der Waals surface area contributed by atoms with Gasteiger partial charge in [-0.25, -0.2) is 0 Å². The molecule has 1 aliphatic heterocycles. The Balaban J connectivity index is 1.79. The SMILES string of the molecule is NC1CCC2OCCC3(CC3)C2C1. The minimum absolute atomic E-state index is 0.459. The van der Waals surface area contributed by atoms with Crippen molar-refractivity contribution in [3.8, 4) is 0 Å². The van der Waals surface area contributed by atoms with Gasteiger partial charge in [-0.3, -0.25) is 0 Å². The largest absolute Gasteiger partial charge is 0.378 e.